The van der Waals surface area contributed by atoms with Gasteiger partial charge in [0.1, 0.15) is 5.82 Å². The van der Waals surface area contributed by atoms with E-state index in [2.05, 4.69) is 26.2 Å². The number of anilines is 2. The fourth-order valence-electron chi connectivity index (χ4n) is 1.74. The largest absolute Gasteiger partial charge is 0.332 e. The van der Waals surface area contributed by atoms with Crippen LogP contribution in [0.15, 0.2) is 58.4 Å². The van der Waals surface area contributed by atoms with Crippen LogP contribution in [-0.2, 0) is 0 Å². The minimum absolute atomic E-state index is 0. The molecule has 0 amide bonds. The smallest absolute Gasteiger partial charge is 0.187 e. The summed E-state index contributed by atoms with van der Waals surface area (Å²) >= 11 is 4.93. The normalized spacial score (nSPS) is 10.0. The first-order chi connectivity index (χ1) is 9.70. The number of rotatable bonds is 3. The van der Waals surface area contributed by atoms with Crippen LogP contribution in [0.2, 0.25) is 0 Å². The number of hydrogen-bond donors (Lipinski definition) is 1. The standard InChI is InChI=1S/C15H10BrFN2S.BrH/c16-11-3-1-10(2-4-11)14-9-20-15(19-14)18-13-7-5-12(17)6-8-13;/h1-9H,(H,18,19);1H. The van der Waals surface area contributed by atoms with Crippen molar-refractivity contribution in [2.24, 2.45) is 0 Å². The fraction of sp³-hybridized carbons (Fsp3) is 0. The van der Waals surface area contributed by atoms with Gasteiger partial charge in [0.2, 0.25) is 0 Å². The molecular weight excluding hydrogens is 419 g/mol. The third kappa shape index (κ3) is 4.12. The number of nitrogens with zero attached hydrogens (tertiary/aromatic N) is 1. The lowest BCUT2D eigenvalue weighted by Crippen LogP contribution is -1.89. The molecule has 0 bridgehead atoms. The van der Waals surface area contributed by atoms with Gasteiger partial charge in [0.25, 0.3) is 0 Å². The molecule has 0 saturated heterocycles. The van der Waals surface area contributed by atoms with Crippen molar-refractivity contribution in [2.45, 2.75) is 0 Å². The van der Waals surface area contributed by atoms with Crippen LogP contribution in [0.4, 0.5) is 15.2 Å². The van der Waals surface area contributed by atoms with Gasteiger partial charge < -0.3 is 5.32 Å². The summed E-state index contributed by atoms with van der Waals surface area (Å²) in [5.74, 6) is -0.245. The van der Waals surface area contributed by atoms with Gasteiger partial charge in [-0.3, -0.25) is 0 Å². The van der Waals surface area contributed by atoms with E-state index in [1.54, 1.807) is 12.1 Å². The highest BCUT2D eigenvalue weighted by atomic mass is 79.9. The first-order valence-corrected chi connectivity index (χ1v) is 7.62. The van der Waals surface area contributed by atoms with E-state index < -0.39 is 0 Å². The maximum atomic E-state index is 12.8. The van der Waals surface area contributed by atoms with Crippen LogP contribution >= 0.6 is 44.2 Å². The second kappa shape index (κ2) is 7.15. The molecule has 3 rings (SSSR count). The minimum Gasteiger partial charge on any atom is -0.332 e. The van der Waals surface area contributed by atoms with Crippen molar-refractivity contribution in [1.29, 1.82) is 0 Å². The Morgan fingerprint density at radius 1 is 1.00 bits per heavy atom. The van der Waals surface area contributed by atoms with Crippen LogP contribution in [-0.4, -0.2) is 4.98 Å². The third-order valence-corrected chi connectivity index (χ3v) is 4.03. The van der Waals surface area contributed by atoms with E-state index in [0.29, 0.717) is 0 Å². The van der Waals surface area contributed by atoms with Crippen LogP contribution < -0.4 is 5.32 Å². The van der Waals surface area contributed by atoms with Gasteiger partial charge >= 0.3 is 0 Å². The Labute approximate surface area is 145 Å². The molecule has 1 aromatic heterocycles. The van der Waals surface area contributed by atoms with Crippen molar-refractivity contribution in [1.82, 2.24) is 4.98 Å². The summed E-state index contributed by atoms with van der Waals surface area (Å²) in [4.78, 5) is 4.53. The SMILES string of the molecule is Br.Fc1ccc(Nc2nc(-c3ccc(Br)cc3)cs2)cc1. The highest BCUT2D eigenvalue weighted by molar-refractivity contribution is 9.10. The average Bonchev–Trinajstić information content (AvgIpc) is 2.91. The van der Waals surface area contributed by atoms with Crippen molar-refractivity contribution in [3.8, 4) is 11.3 Å². The summed E-state index contributed by atoms with van der Waals surface area (Å²) in [6.07, 6.45) is 0. The molecule has 0 aliphatic heterocycles. The summed E-state index contributed by atoms with van der Waals surface area (Å²) in [7, 11) is 0. The van der Waals surface area contributed by atoms with Crippen molar-refractivity contribution < 1.29 is 4.39 Å². The fourth-order valence-corrected chi connectivity index (χ4v) is 2.75. The van der Waals surface area contributed by atoms with Gasteiger partial charge in [-0.2, -0.15) is 0 Å². The van der Waals surface area contributed by atoms with Gasteiger partial charge in [0, 0.05) is 21.1 Å². The van der Waals surface area contributed by atoms with Gasteiger partial charge in [0.05, 0.1) is 5.69 Å². The minimum atomic E-state index is -0.245. The molecule has 0 aliphatic rings. The molecule has 0 aliphatic carbocycles. The molecule has 0 spiro atoms. The van der Waals surface area contributed by atoms with Gasteiger partial charge in [-0.1, -0.05) is 28.1 Å². The second-order valence-corrected chi connectivity index (χ2v) is 5.95. The van der Waals surface area contributed by atoms with E-state index in [9.17, 15) is 4.39 Å². The van der Waals surface area contributed by atoms with Gasteiger partial charge in [-0.05, 0) is 36.4 Å². The number of thiazole rings is 1. The number of halogens is 3. The third-order valence-electron chi connectivity index (χ3n) is 2.74. The first-order valence-electron chi connectivity index (χ1n) is 5.95. The predicted molar refractivity (Wildman–Crippen MR) is 95.3 cm³/mol. The number of hydrogen-bond acceptors (Lipinski definition) is 3. The molecule has 0 radical (unpaired) electrons. The van der Waals surface area contributed by atoms with Crippen molar-refractivity contribution in [3.05, 3.63) is 64.2 Å². The van der Waals surface area contributed by atoms with Crippen molar-refractivity contribution in [2.75, 3.05) is 5.32 Å². The highest BCUT2D eigenvalue weighted by Gasteiger charge is 2.05. The molecule has 2 nitrogen and oxygen atoms in total. The lowest BCUT2D eigenvalue weighted by Gasteiger charge is -2.01. The Morgan fingerprint density at radius 3 is 2.33 bits per heavy atom. The van der Waals surface area contributed by atoms with E-state index >= 15 is 0 Å². The molecule has 1 N–H and O–H groups in total. The summed E-state index contributed by atoms with van der Waals surface area (Å²) in [5.41, 5.74) is 2.81. The maximum absolute atomic E-state index is 12.8. The molecule has 6 heteroatoms. The first kappa shape index (κ1) is 16.1. The zero-order chi connectivity index (χ0) is 13.9. The van der Waals surface area contributed by atoms with Gasteiger partial charge in [-0.15, -0.1) is 28.3 Å². The Morgan fingerprint density at radius 2 is 1.67 bits per heavy atom. The number of aromatic nitrogens is 1. The second-order valence-electron chi connectivity index (χ2n) is 4.18. The molecule has 0 atom stereocenters. The molecule has 1 heterocycles. The molecule has 2 aromatic carbocycles. The zero-order valence-electron chi connectivity index (χ0n) is 10.7. The van der Waals surface area contributed by atoms with Crippen LogP contribution in [0, 0.1) is 5.82 Å². The predicted octanol–water partition coefficient (Wildman–Crippen LogP) is 6.03. The molecule has 0 fully saturated rings. The number of nitrogens with one attached hydrogen (secondary N) is 1. The Hall–Kier alpha value is -1.24. The summed E-state index contributed by atoms with van der Waals surface area (Å²) in [6, 6.07) is 14.2. The van der Waals surface area contributed by atoms with E-state index in [4.69, 9.17) is 0 Å². The topological polar surface area (TPSA) is 24.9 Å². The maximum Gasteiger partial charge on any atom is 0.187 e. The van der Waals surface area contributed by atoms with Crippen LogP contribution in [0.5, 0.6) is 0 Å². The summed E-state index contributed by atoms with van der Waals surface area (Å²) in [6.45, 7) is 0. The highest BCUT2D eigenvalue weighted by Crippen LogP contribution is 2.27. The monoisotopic (exact) mass is 428 g/mol. The molecule has 21 heavy (non-hydrogen) atoms. The van der Waals surface area contributed by atoms with Crippen molar-refractivity contribution in [3.63, 3.8) is 0 Å². The molecule has 0 saturated carbocycles. The Balaban J connectivity index is 0.00000161. The lowest BCUT2D eigenvalue weighted by atomic mass is 10.2. The van der Waals surface area contributed by atoms with Crippen LogP contribution in [0.3, 0.4) is 0 Å². The van der Waals surface area contributed by atoms with Gasteiger partial charge in [-0.25, -0.2) is 9.37 Å². The van der Waals surface area contributed by atoms with E-state index in [1.165, 1.54) is 23.5 Å². The Kier molecular flexibility index (Phi) is 5.50. The van der Waals surface area contributed by atoms with Crippen LogP contribution in [0.25, 0.3) is 11.3 Å². The van der Waals surface area contributed by atoms with E-state index in [-0.39, 0.29) is 22.8 Å². The summed E-state index contributed by atoms with van der Waals surface area (Å²) in [5, 5.41) is 5.95. The number of benzene rings is 2. The van der Waals surface area contributed by atoms with E-state index in [1.807, 2.05) is 29.6 Å². The quantitative estimate of drug-likeness (QED) is 0.549. The van der Waals surface area contributed by atoms with Crippen LogP contribution in [0.1, 0.15) is 0 Å². The molecular formula is C15H11Br2FN2S. The molecule has 3 aromatic rings. The van der Waals surface area contributed by atoms with Crippen molar-refractivity contribution >= 4 is 55.1 Å². The lowest BCUT2D eigenvalue weighted by molar-refractivity contribution is 0.628. The molecule has 0 unspecified atom stereocenters. The molecule has 108 valence electrons. The summed E-state index contributed by atoms with van der Waals surface area (Å²) < 4.78 is 13.9. The Bertz CT molecular complexity index is 711. The van der Waals surface area contributed by atoms with Gasteiger partial charge in [0.15, 0.2) is 5.13 Å². The van der Waals surface area contributed by atoms with E-state index in [0.717, 1.165) is 26.5 Å². The average molecular weight is 430 g/mol. The zero-order valence-corrected chi connectivity index (χ0v) is 14.8.